The van der Waals surface area contributed by atoms with E-state index in [2.05, 4.69) is 24.5 Å². The van der Waals surface area contributed by atoms with E-state index in [9.17, 15) is 9.18 Å². The third kappa shape index (κ3) is 5.46. The number of hydrogen-bond donors (Lipinski definition) is 2. The first-order valence-electron chi connectivity index (χ1n) is 8.27. The molecule has 1 unspecified atom stereocenters. The molecule has 0 aliphatic heterocycles. The Morgan fingerprint density at radius 3 is 2.25 bits per heavy atom. The molecule has 2 rings (SSSR count). The summed E-state index contributed by atoms with van der Waals surface area (Å²) in [5, 5.41) is 6.18. The van der Waals surface area contributed by atoms with E-state index in [0.29, 0.717) is 12.5 Å². The van der Waals surface area contributed by atoms with Gasteiger partial charge < -0.3 is 10.6 Å². The van der Waals surface area contributed by atoms with Crippen LogP contribution in [-0.2, 0) is 11.3 Å². The summed E-state index contributed by atoms with van der Waals surface area (Å²) < 4.78 is 13.1. The lowest BCUT2D eigenvalue weighted by Gasteiger charge is -2.22. The monoisotopic (exact) mass is 328 g/mol. The molecule has 2 N–H and O–H groups in total. The van der Waals surface area contributed by atoms with Crippen molar-refractivity contribution in [1.82, 2.24) is 10.6 Å². The van der Waals surface area contributed by atoms with Crippen LogP contribution in [-0.4, -0.2) is 12.5 Å². The maximum Gasteiger partial charge on any atom is 0.234 e. The number of rotatable bonds is 7. The van der Waals surface area contributed by atoms with Crippen LogP contribution in [0.4, 0.5) is 4.39 Å². The molecule has 0 saturated heterocycles. The molecule has 3 nitrogen and oxygen atoms in total. The maximum atomic E-state index is 13.1. The van der Waals surface area contributed by atoms with Gasteiger partial charge in [-0.15, -0.1) is 0 Å². The van der Waals surface area contributed by atoms with Gasteiger partial charge in [0.05, 0.1) is 6.54 Å². The average Bonchev–Trinajstić information content (AvgIpc) is 2.56. The van der Waals surface area contributed by atoms with Crippen molar-refractivity contribution in [1.29, 1.82) is 0 Å². The fraction of sp³-hybridized carbons (Fsp3) is 0.350. The number of carbonyl (C=O) groups is 1. The average molecular weight is 328 g/mol. The van der Waals surface area contributed by atoms with E-state index < -0.39 is 0 Å². The molecule has 0 heterocycles. The van der Waals surface area contributed by atoms with Crippen molar-refractivity contribution < 1.29 is 9.18 Å². The van der Waals surface area contributed by atoms with Gasteiger partial charge >= 0.3 is 0 Å². The Bertz CT molecular complexity index is 650. The number of aryl methyl sites for hydroxylation is 1. The van der Waals surface area contributed by atoms with E-state index in [1.807, 2.05) is 31.2 Å². The molecule has 0 saturated carbocycles. The Morgan fingerprint density at radius 2 is 1.67 bits per heavy atom. The molecule has 0 aliphatic carbocycles. The third-order valence-electron chi connectivity index (χ3n) is 3.99. The summed E-state index contributed by atoms with van der Waals surface area (Å²) >= 11 is 0. The van der Waals surface area contributed by atoms with E-state index in [-0.39, 0.29) is 24.3 Å². The second kappa shape index (κ2) is 8.60. The maximum absolute atomic E-state index is 13.1. The molecule has 0 aliphatic rings. The minimum atomic E-state index is -0.253. The standard InChI is InChI=1S/C20H25FN2O/c1-14(2)20(17-8-10-18(21)11-9-17)23-13-19(24)22-12-16-6-4-15(3)5-7-16/h4-11,14,20,23H,12-13H2,1-3H3,(H,22,24). The van der Waals surface area contributed by atoms with Gasteiger partial charge in [0.25, 0.3) is 0 Å². The lowest BCUT2D eigenvalue weighted by Crippen LogP contribution is -2.37. The highest BCUT2D eigenvalue weighted by atomic mass is 19.1. The molecule has 1 amide bonds. The highest BCUT2D eigenvalue weighted by Gasteiger charge is 2.16. The van der Waals surface area contributed by atoms with Crippen LogP contribution in [0, 0.1) is 18.7 Å². The number of nitrogens with one attached hydrogen (secondary N) is 2. The zero-order chi connectivity index (χ0) is 17.5. The van der Waals surface area contributed by atoms with Crippen molar-refractivity contribution in [2.24, 2.45) is 5.92 Å². The lowest BCUT2D eigenvalue weighted by molar-refractivity contribution is -0.120. The predicted molar refractivity (Wildman–Crippen MR) is 95.0 cm³/mol. The van der Waals surface area contributed by atoms with Gasteiger partial charge in [-0.2, -0.15) is 0 Å². The number of halogens is 1. The van der Waals surface area contributed by atoms with Gasteiger partial charge in [0.15, 0.2) is 0 Å². The van der Waals surface area contributed by atoms with Crippen LogP contribution in [0.15, 0.2) is 48.5 Å². The van der Waals surface area contributed by atoms with Crippen molar-refractivity contribution in [2.75, 3.05) is 6.54 Å². The minimum absolute atomic E-state index is 0.00993. The highest BCUT2D eigenvalue weighted by molar-refractivity contribution is 5.78. The van der Waals surface area contributed by atoms with Gasteiger partial charge in [0, 0.05) is 12.6 Å². The van der Waals surface area contributed by atoms with Gasteiger partial charge in [-0.1, -0.05) is 55.8 Å². The van der Waals surface area contributed by atoms with Crippen molar-refractivity contribution in [3.63, 3.8) is 0 Å². The molecule has 24 heavy (non-hydrogen) atoms. The van der Waals surface area contributed by atoms with E-state index >= 15 is 0 Å². The molecular weight excluding hydrogens is 303 g/mol. The van der Waals surface area contributed by atoms with E-state index in [1.54, 1.807) is 12.1 Å². The molecule has 1 atom stereocenters. The van der Waals surface area contributed by atoms with Gasteiger partial charge in [-0.25, -0.2) is 4.39 Å². The van der Waals surface area contributed by atoms with E-state index in [4.69, 9.17) is 0 Å². The summed E-state index contributed by atoms with van der Waals surface area (Å²) in [6.45, 7) is 6.93. The summed E-state index contributed by atoms with van der Waals surface area (Å²) in [7, 11) is 0. The van der Waals surface area contributed by atoms with Crippen molar-refractivity contribution in [3.8, 4) is 0 Å². The molecular formula is C20H25FN2O. The van der Waals surface area contributed by atoms with Gasteiger partial charge in [0.2, 0.25) is 5.91 Å². The molecule has 4 heteroatoms. The fourth-order valence-electron chi connectivity index (χ4n) is 2.58. The van der Waals surface area contributed by atoms with Gasteiger partial charge in [-0.3, -0.25) is 4.79 Å². The molecule has 128 valence electrons. The van der Waals surface area contributed by atoms with E-state index in [0.717, 1.165) is 11.1 Å². The van der Waals surface area contributed by atoms with Gasteiger partial charge in [-0.05, 0) is 36.1 Å². The molecule has 0 spiro atoms. The molecule has 0 bridgehead atoms. The van der Waals surface area contributed by atoms with E-state index in [1.165, 1.54) is 17.7 Å². The number of benzene rings is 2. The fourth-order valence-corrected chi connectivity index (χ4v) is 2.58. The second-order valence-electron chi connectivity index (χ2n) is 6.42. The zero-order valence-corrected chi connectivity index (χ0v) is 14.5. The van der Waals surface area contributed by atoms with Crippen LogP contribution < -0.4 is 10.6 Å². The molecule has 2 aromatic rings. The molecule has 0 aromatic heterocycles. The van der Waals surface area contributed by atoms with Crippen LogP contribution in [0.3, 0.4) is 0 Å². The summed E-state index contributed by atoms with van der Waals surface area (Å²) in [5.74, 6) is -0.0132. The topological polar surface area (TPSA) is 41.1 Å². The van der Waals surface area contributed by atoms with Crippen LogP contribution >= 0.6 is 0 Å². The quantitative estimate of drug-likeness (QED) is 0.813. The number of hydrogen-bond acceptors (Lipinski definition) is 2. The summed E-state index contributed by atoms with van der Waals surface area (Å²) in [6, 6.07) is 14.5. The van der Waals surface area contributed by atoms with Gasteiger partial charge in [0.1, 0.15) is 5.82 Å². The van der Waals surface area contributed by atoms with Crippen LogP contribution in [0.5, 0.6) is 0 Å². The van der Waals surface area contributed by atoms with Crippen molar-refractivity contribution in [3.05, 3.63) is 71.0 Å². The molecule has 0 fully saturated rings. The first kappa shape index (κ1) is 18.1. The van der Waals surface area contributed by atoms with Crippen molar-refractivity contribution >= 4 is 5.91 Å². The smallest absolute Gasteiger partial charge is 0.234 e. The minimum Gasteiger partial charge on any atom is -0.351 e. The third-order valence-corrected chi connectivity index (χ3v) is 3.99. The Hall–Kier alpha value is -2.20. The first-order valence-corrected chi connectivity index (χ1v) is 8.27. The first-order chi connectivity index (χ1) is 11.5. The summed E-state index contributed by atoms with van der Waals surface area (Å²) in [4.78, 5) is 12.1. The Balaban J connectivity index is 1.86. The van der Waals surface area contributed by atoms with Crippen LogP contribution in [0.25, 0.3) is 0 Å². The molecule has 2 aromatic carbocycles. The Labute approximate surface area is 143 Å². The van der Waals surface area contributed by atoms with Crippen LogP contribution in [0.1, 0.15) is 36.6 Å². The largest absolute Gasteiger partial charge is 0.351 e. The van der Waals surface area contributed by atoms with Crippen LogP contribution in [0.2, 0.25) is 0 Å². The predicted octanol–water partition coefficient (Wildman–Crippen LogP) is 3.74. The number of amides is 1. The zero-order valence-electron chi connectivity index (χ0n) is 14.5. The highest BCUT2D eigenvalue weighted by Crippen LogP contribution is 2.21. The molecule has 0 radical (unpaired) electrons. The summed E-state index contributed by atoms with van der Waals surface area (Å²) in [5.41, 5.74) is 3.26. The van der Waals surface area contributed by atoms with Crippen molar-refractivity contribution in [2.45, 2.75) is 33.4 Å². The normalized spacial score (nSPS) is 12.2. The Morgan fingerprint density at radius 1 is 1.04 bits per heavy atom. The summed E-state index contributed by atoms with van der Waals surface area (Å²) in [6.07, 6.45) is 0. The lowest BCUT2D eigenvalue weighted by atomic mass is 9.96. The SMILES string of the molecule is Cc1ccc(CNC(=O)CNC(c2ccc(F)cc2)C(C)C)cc1. The Kier molecular flexibility index (Phi) is 6.50. The number of carbonyl (C=O) groups excluding carboxylic acids is 1. The second-order valence-corrected chi connectivity index (χ2v) is 6.42.